The molecule has 4 fully saturated rings. The van der Waals surface area contributed by atoms with Gasteiger partial charge >= 0.3 is 7.60 Å². The summed E-state index contributed by atoms with van der Waals surface area (Å²) in [5, 5.41) is 92.4. The van der Waals surface area contributed by atoms with E-state index in [1.807, 2.05) is 41.5 Å². The highest BCUT2D eigenvalue weighted by molar-refractivity contribution is 7.51. The number of likely N-dealkylation sites (tertiary alicyclic amines) is 1. The number of hydrogen-bond donors (Lipinski definition) is 15. The maximum absolute atomic E-state index is 14.0. The van der Waals surface area contributed by atoms with E-state index in [-0.39, 0.29) is 215 Å². The second kappa shape index (κ2) is 56.6. The molecule has 8 amide bonds. The first-order chi connectivity index (χ1) is 54.0. The van der Waals surface area contributed by atoms with Gasteiger partial charge in [-0.3, -0.25) is 42.9 Å². The molecule has 656 valence electrons. The molecule has 10 unspecified atom stereocenters. The normalized spacial score (nSPS) is 26.9. The fraction of sp³-hybridized carbons (Fsp3) is 0.896. The largest absolute Gasteiger partial charge is 0.391 e. The molecule has 15 N–H and O–H groups in total. The Bertz CT molecular complexity index is 2680. The van der Waals surface area contributed by atoms with E-state index in [0.29, 0.717) is 96.3 Å². The molecule has 0 aromatic rings. The van der Waals surface area contributed by atoms with Crippen LogP contribution in [-0.2, 0) is 90.1 Å². The standard InChI is InChI=1S/C77H141N8O27P/c1-8-57-52(4)68(95)71(98)74(110-57)104-42-22-19-28-60(87)78-36-25-39-81-63(90)33-45-103-51-77(84-66(93)31-17-15-13-11-12-14-16-18-32-67(94)85-49-56(86)48-55(85)50-109-113(7,101)102,107-46-34-64(91)82-40-26-37-79-61(88)29-20-23-43-105-75-72(99)69(96)53(5)58(9-2)111-75)108-47-35-65(92)83-41-27-38-80-62(89)30-21-24-44-106-76-73(100)70(97)54(6)59(10-3)112-76/h52-59,68-76,86,95-100H,8-51H2,1-7H3,(H,78,87)(H,79,88)(H,80,89)(H,81,90)(H,82,91)(H,83,92)(H,84,93)(H,101,102)/t52-,53-,54-,55-,56+,57?,58?,59?,68?,69?,70?,71?,72-,73?,74+,75+,76+,77?/m0/s1. The lowest BCUT2D eigenvalue weighted by Crippen LogP contribution is -2.57. The maximum Gasteiger partial charge on any atom is 0.325 e. The summed E-state index contributed by atoms with van der Waals surface area (Å²) in [7, 11) is -3.75. The van der Waals surface area contributed by atoms with Crippen molar-refractivity contribution < 1.29 is 131 Å². The fourth-order valence-corrected chi connectivity index (χ4v) is 14.2. The molecule has 0 bridgehead atoms. The van der Waals surface area contributed by atoms with Crippen molar-refractivity contribution in [2.24, 2.45) is 17.8 Å². The van der Waals surface area contributed by atoms with Crippen LogP contribution >= 0.6 is 7.60 Å². The van der Waals surface area contributed by atoms with Gasteiger partial charge in [0.25, 0.3) is 5.91 Å². The van der Waals surface area contributed by atoms with Crippen molar-refractivity contribution in [3.63, 3.8) is 0 Å². The van der Waals surface area contributed by atoms with Crippen molar-refractivity contribution in [2.75, 3.05) is 105 Å². The number of hydrogen-bond acceptors (Lipinski definition) is 26. The number of nitrogens with zero attached hydrogens (tertiary/aromatic N) is 1. The van der Waals surface area contributed by atoms with Gasteiger partial charge in [-0.1, -0.05) is 80.1 Å². The average Bonchev–Trinajstić information content (AvgIpc) is 1.51. The molecule has 0 aromatic carbocycles. The van der Waals surface area contributed by atoms with Gasteiger partial charge in [-0.15, -0.1) is 0 Å². The summed E-state index contributed by atoms with van der Waals surface area (Å²) in [6.45, 7) is 13.1. The van der Waals surface area contributed by atoms with Crippen LogP contribution in [0.2, 0.25) is 0 Å². The number of β-amino-alcohol motifs (C(OH)–C–C–N with tert-alkyl or cyclic N) is 1. The van der Waals surface area contributed by atoms with Gasteiger partial charge in [0, 0.05) is 129 Å². The number of aliphatic hydroxyl groups is 7. The quantitative estimate of drug-likeness (QED) is 0.0236. The monoisotopic (exact) mass is 1640 g/mol. The lowest BCUT2D eigenvalue weighted by atomic mass is 9.89. The number of carbonyl (C=O) groups is 8. The van der Waals surface area contributed by atoms with Crippen molar-refractivity contribution in [2.45, 2.75) is 320 Å². The third kappa shape index (κ3) is 40.5. The van der Waals surface area contributed by atoms with E-state index in [2.05, 4.69) is 37.2 Å². The topological polar surface area (TPSA) is 495 Å². The van der Waals surface area contributed by atoms with Gasteiger partial charge in [0.2, 0.25) is 47.3 Å². The number of rotatable bonds is 61. The van der Waals surface area contributed by atoms with Crippen LogP contribution in [0.15, 0.2) is 0 Å². The summed E-state index contributed by atoms with van der Waals surface area (Å²) in [6.07, 6.45) is 1.97. The van der Waals surface area contributed by atoms with Crippen LogP contribution < -0.4 is 37.2 Å². The highest BCUT2D eigenvalue weighted by Gasteiger charge is 2.45. The van der Waals surface area contributed by atoms with E-state index >= 15 is 0 Å². The van der Waals surface area contributed by atoms with Gasteiger partial charge in [0.05, 0.1) is 88.0 Å². The summed E-state index contributed by atoms with van der Waals surface area (Å²) in [5.74, 6) is -5.26. The molecule has 0 spiro atoms. The molecule has 36 heteroatoms. The molecule has 4 heterocycles. The zero-order chi connectivity index (χ0) is 83.1. The highest BCUT2D eigenvalue weighted by Crippen LogP contribution is 2.38. The molecule has 0 aromatic heterocycles. The van der Waals surface area contributed by atoms with Gasteiger partial charge in [-0.2, -0.15) is 0 Å². The molecule has 0 saturated carbocycles. The second-order valence-electron chi connectivity index (χ2n) is 30.3. The van der Waals surface area contributed by atoms with Crippen LogP contribution in [0.25, 0.3) is 0 Å². The van der Waals surface area contributed by atoms with Crippen LogP contribution in [0, 0.1) is 17.8 Å². The van der Waals surface area contributed by atoms with Gasteiger partial charge < -0.3 is 130 Å². The Morgan fingerprint density at radius 1 is 0.416 bits per heavy atom. The second-order valence-corrected chi connectivity index (χ2v) is 32.2. The predicted molar refractivity (Wildman–Crippen MR) is 413 cm³/mol. The van der Waals surface area contributed by atoms with Gasteiger partial charge in [0.15, 0.2) is 18.9 Å². The number of ether oxygens (including phenoxy) is 9. The summed E-state index contributed by atoms with van der Waals surface area (Å²) in [4.78, 5) is 116. The minimum Gasteiger partial charge on any atom is -0.391 e. The lowest BCUT2D eigenvalue weighted by Gasteiger charge is -2.41. The lowest BCUT2D eigenvalue weighted by molar-refractivity contribution is -0.283. The fourth-order valence-electron chi connectivity index (χ4n) is 13.8. The van der Waals surface area contributed by atoms with E-state index in [0.717, 1.165) is 38.8 Å². The smallest absolute Gasteiger partial charge is 0.325 e. The van der Waals surface area contributed by atoms with E-state index in [4.69, 9.17) is 47.2 Å². The molecule has 35 nitrogen and oxygen atoms in total. The Morgan fingerprint density at radius 2 is 0.735 bits per heavy atom. The first-order valence-corrected chi connectivity index (χ1v) is 43.6. The van der Waals surface area contributed by atoms with Crippen LogP contribution in [0.5, 0.6) is 0 Å². The zero-order valence-electron chi connectivity index (χ0n) is 68.2. The number of unbranched alkanes of at least 4 members (excludes halogenated alkanes) is 10. The molecular weight excluding hydrogens is 1500 g/mol. The third-order valence-electron chi connectivity index (χ3n) is 20.8. The summed E-state index contributed by atoms with van der Waals surface area (Å²) >= 11 is 0. The van der Waals surface area contributed by atoms with Gasteiger partial charge in [-0.25, -0.2) is 0 Å². The molecule has 4 rings (SSSR count). The molecule has 19 atom stereocenters. The highest BCUT2D eigenvalue weighted by atomic mass is 31.2. The number of aliphatic hydroxyl groups excluding tert-OH is 7. The number of carbonyl (C=O) groups excluding carboxylic acids is 8. The minimum atomic E-state index is -3.75. The first-order valence-electron chi connectivity index (χ1n) is 41.6. The summed E-state index contributed by atoms with van der Waals surface area (Å²) < 4.78 is 69.9. The Kier molecular flexibility index (Phi) is 50.4. The van der Waals surface area contributed by atoms with Crippen LogP contribution in [0.4, 0.5) is 0 Å². The van der Waals surface area contributed by atoms with E-state index in [9.17, 15) is 83.6 Å². The van der Waals surface area contributed by atoms with Crippen molar-refractivity contribution in [3.8, 4) is 0 Å². The molecule has 0 radical (unpaired) electrons. The Hall–Kier alpha value is -4.73. The molecular formula is C77H141N8O27P. The van der Waals surface area contributed by atoms with E-state index in [1.165, 1.54) is 4.90 Å². The van der Waals surface area contributed by atoms with Crippen LogP contribution in [0.1, 0.15) is 228 Å². The van der Waals surface area contributed by atoms with Gasteiger partial charge in [0.1, 0.15) is 24.9 Å². The van der Waals surface area contributed by atoms with Crippen molar-refractivity contribution in [1.29, 1.82) is 0 Å². The maximum atomic E-state index is 14.0. The van der Waals surface area contributed by atoms with Crippen molar-refractivity contribution >= 4 is 54.9 Å². The summed E-state index contributed by atoms with van der Waals surface area (Å²) in [6, 6.07) is -0.479. The Morgan fingerprint density at radius 3 is 1.09 bits per heavy atom. The summed E-state index contributed by atoms with van der Waals surface area (Å²) in [5.41, 5.74) is 0. The molecule has 4 saturated heterocycles. The van der Waals surface area contributed by atoms with Gasteiger partial charge in [-0.05, 0) is 96.3 Å². The van der Waals surface area contributed by atoms with Crippen LogP contribution in [-0.4, -0.2) is 290 Å². The molecule has 0 aliphatic carbocycles. The molecule has 4 aliphatic rings. The third-order valence-corrected chi connectivity index (χ3v) is 21.4. The van der Waals surface area contributed by atoms with Crippen molar-refractivity contribution in [3.05, 3.63) is 0 Å². The number of amides is 8. The Labute approximate surface area is 667 Å². The molecule has 4 aliphatic heterocycles. The Balaban J connectivity index is 1.29. The average molecular weight is 1640 g/mol. The van der Waals surface area contributed by atoms with Crippen molar-refractivity contribution in [1.82, 2.24) is 42.1 Å². The number of nitrogens with one attached hydrogen (secondary N) is 7. The zero-order valence-corrected chi connectivity index (χ0v) is 69.1. The first kappa shape index (κ1) is 101. The predicted octanol–water partition coefficient (Wildman–Crippen LogP) is 2.58. The SMILES string of the molecule is CCC1O[C@@H](OCCCCC(=O)NCCCNC(=O)CCOCC(NC(=O)CCCCCCCCCCC(=O)N2C[C@H](O)C[C@H]2COP(C)(=O)O)(OCCC(=O)NCCCNC(=O)CCCCO[C@@H]2OC(CC)[C@H](C)C(O)C2O)OCCC(=O)NCCCNC(=O)CCCCO[C@@H]2OC(CC)[C@H](C)C(O)[C@@H]2O)C(O)C(O)[C@H]1C. The van der Waals surface area contributed by atoms with Crippen LogP contribution in [0.3, 0.4) is 0 Å². The van der Waals surface area contributed by atoms with E-state index in [1.54, 1.807) is 0 Å². The minimum absolute atomic E-state index is 0.0289. The molecule has 113 heavy (non-hydrogen) atoms. The van der Waals surface area contributed by atoms with E-state index < -0.39 is 105 Å².